The molecule has 5 nitrogen and oxygen atoms in total. The van der Waals surface area contributed by atoms with E-state index >= 15 is 0 Å². The highest BCUT2D eigenvalue weighted by molar-refractivity contribution is 6.33. The Kier molecular flexibility index (Phi) is 6.13. The first kappa shape index (κ1) is 18.0. The van der Waals surface area contributed by atoms with Gasteiger partial charge in [-0.15, -0.1) is 0 Å². The van der Waals surface area contributed by atoms with E-state index in [4.69, 9.17) is 16.0 Å². The van der Waals surface area contributed by atoms with Crippen molar-refractivity contribution in [2.75, 3.05) is 32.8 Å². The Balaban J connectivity index is 1.51. The molecule has 0 unspecified atom stereocenters. The summed E-state index contributed by atoms with van der Waals surface area (Å²) in [6.07, 6.45) is 2.18. The number of carbonyl (C=O) groups is 1. The molecule has 0 aliphatic carbocycles. The van der Waals surface area contributed by atoms with Crippen LogP contribution in [0.5, 0.6) is 0 Å². The zero-order chi connectivity index (χ0) is 17.6. The van der Waals surface area contributed by atoms with Crippen molar-refractivity contribution >= 4 is 17.5 Å². The number of rotatable bonds is 6. The van der Waals surface area contributed by atoms with Crippen molar-refractivity contribution in [1.29, 1.82) is 0 Å². The lowest BCUT2D eigenvalue weighted by molar-refractivity contribution is 0.0905. The fourth-order valence-electron chi connectivity index (χ4n) is 3.18. The van der Waals surface area contributed by atoms with Crippen LogP contribution in [-0.2, 0) is 0 Å². The van der Waals surface area contributed by atoms with Crippen molar-refractivity contribution < 1.29 is 14.3 Å². The van der Waals surface area contributed by atoms with E-state index in [1.54, 1.807) is 18.2 Å². The van der Waals surface area contributed by atoms with Gasteiger partial charge in [-0.05, 0) is 49.6 Å². The molecule has 2 heterocycles. The van der Waals surface area contributed by atoms with Crippen LogP contribution in [0.3, 0.4) is 0 Å². The first-order valence-corrected chi connectivity index (χ1v) is 9.01. The van der Waals surface area contributed by atoms with Crippen LogP contribution in [0.25, 0.3) is 11.3 Å². The molecule has 0 spiro atoms. The van der Waals surface area contributed by atoms with Crippen LogP contribution in [0.2, 0.25) is 5.02 Å². The molecular formula is C19H23ClN2O3. The first-order chi connectivity index (χ1) is 12.2. The number of nitrogens with one attached hydrogen (secondary N) is 1. The Morgan fingerprint density at radius 3 is 2.96 bits per heavy atom. The summed E-state index contributed by atoms with van der Waals surface area (Å²) in [6.45, 7) is 3.48. The van der Waals surface area contributed by atoms with Crippen molar-refractivity contribution in [1.82, 2.24) is 10.2 Å². The molecule has 1 aliphatic rings. The number of halogens is 1. The van der Waals surface area contributed by atoms with Gasteiger partial charge in [-0.1, -0.05) is 23.7 Å². The molecule has 0 radical (unpaired) electrons. The van der Waals surface area contributed by atoms with Gasteiger partial charge in [0.2, 0.25) is 0 Å². The molecule has 1 aliphatic heterocycles. The number of piperidine rings is 1. The number of hydrogen-bond donors (Lipinski definition) is 2. The average molecular weight is 363 g/mol. The zero-order valence-electron chi connectivity index (χ0n) is 14.1. The normalized spacial score (nSPS) is 18.2. The van der Waals surface area contributed by atoms with E-state index < -0.39 is 0 Å². The van der Waals surface area contributed by atoms with Crippen LogP contribution in [0, 0.1) is 5.92 Å². The Hall–Kier alpha value is -1.82. The van der Waals surface area contributed by atoms with Gasteiger partial charge in [0.05, 0.1) is 5.02 Å². The van der Waals surface area contributed by atoms with E-state index in [2.05, 4.69) is 10.2 Å². The number of benzene rings is 1. The van der Waals surface area contributed by atoms with Crippen LogP contribution >= 0.6 is 11.6 Å². The third-order valence-corrected chi connectivity index (χ3v) is 4.87. The number of nitrogens with zero attached hydrogens (tertiary/aromatic N) is 1. The van der Waals surface area contributed by atoms with Crippen molar-refractivity contribution in [3.05, 3.63) is 47.2 Å². The van der Waals surface area contributed by atoms with Crippen LogP contribution in [0.15, 0.2) is 40.8 Å². The largest absolute Gasteiger partial charge is 0.451 e. The van der Waals surface area contributed by atoms with Gasteiger partial charge in [0.15, 0.2) is 5.76 Å². The van der Waals surface area contributed by atoms with E-state index in [1.165, 1.54) is 0 Å². The third kappa shape index (κ3) is 4.63. The minimum atomic E-state index is -0.228. The maximum Gasteiger partial charge on any atom is 0.287 e. The minimum Gasteiger partial charge on any atom is -0.451 e. The number of amides is 1. The summed E-state index contributed by atoms with van der Waals surface area (Å²) in [7, 11) is 0. The predicted molar refractivity (Wildman–Crippen MR) is 97.7 cm³/mol. The third-order valence-electron chi connectivity index (χ3n) is 4.54. The maximum atomic E-state index is 12.2. The lowest BCUT2D eigenvalue weighted by atomic mass is 9.99. The van der Waals surface area contributed by atoms with Crippen LogP contribution in [-0.4, -0.2) is 48.7 Å². The Morgan fingerprint density at radius 1 is 1.32 bits per heavy atom. The summed E-state index contributed by atoms with van der Waals surface area (Å²) in [5, 5.41) is 12.7. The lowest BCUT2D eigenvalue weighted by Crippen LogP contribution is -2.41. The number of aliphatic hydroxyl groups excluding tert-OH is 1. The van der Waals surface area contributed by atoms with Gasteiger partial charge in [-0.2, -0.15) is 0 Å². The highest BCUT2D eigenvalue weighted by atomic mass is 35.5. The lowest BCUT2D eigenvalue weighted by Gasteiger charge is -2.31. The highest BCUT2D eigenvalue weighted by Crippen LogP contribution is 2.28. The fraction of sp³-hybridized carbons (Fsp3) is 0.421. The van der Waals surface area contributed by atoms with Crippen LogP contribution in [0.4, 0.5) is 0 Å². The molecule has 2 aromatic rings. The van der Waals surface area contributed by atoms with Gasteiger partial charge in [0.25, 0.3) is 5.91 Å². The van der Waals surface area contributed by atoms with Crippen molar-refractivity contribution in [2.45, 2.75) is 12.8 Å². The molecule has 134 valence electrons. The van der Waals surface area contributed by atoms with Gasteiger partial charge in [0, 0.05) is 31.8 Å². The summed E-state index contributed by atoms with van der Waals surface area (Å²) in [4.78, 5) is 14.5. The molecule has 1 atom stereocenters. The topological polar surface area (TPSA) is 65.7 Å². The molecule has 1 aromatic heterocycles. The summed E-state index contributed by atoms with van der Waals surface area (Å²) >= 11 is 6.16. The van der Waals surface area contributed by atoms with Crippen molar-refractivity contribution in [3.8, 4) is 11.3 Å². The summed E-state index contributed by atoms with van der Waals surface area (Å²) in [6, 6.07) is 10.8. The maximum absolute atomic E-state index is 12.2. The molecule has 6 heteroatoms. The Morgan fingerprint density at radius 2 is 2.16 bits per heavy atom. The minimum absolute atomic E-state index is 0.228. The summed E-state index contributed by atoms with van der Waals surface area (Å²) < 4.78 is 5.65. The van der Waals surface area contributed by atoms with Gasteiger partial charge in [0.1, 0.15) is 5.76 Å². The van der Waals surface area contributed by atoms with E-state index in [1.807, 2.05) is 18.2 Å². The number of hydrogen-bond acceptors (Lipinski definition) is 4. The van der Waals surface area contributed by atoms with Crippen LogP contribution < -0.4 is 5.32 Å². The molecular weight excluding hydrogens is 340 g/mol. The van der Waals surface area contributed by atoms with E-state index in [0.717, 1.165) is 38.0 Å². The van der Waals surface area contributed by atoms with Gasteiger partial charge in [-0.25, -0.2) is 0 Å². The molecule has 1 saturated heterocycles. The van der Waals surface area contributed by atoms with Gasteiger partial charge >= 0.3 is 0 Å². The Labute approximate surface area is 152 Å². The number of aliphatic hydroxyl groups is 1. The second kappa shape index (κ2) is 8.52. The summed E-state index contributed by atoms with van der Waals surface area (Å²) in [5.74, 6) is 0.987. The van der Waals surface area contributed by atoms with E-state index in [0.29, 0.717) is 23.2 Å². The second-order valence-electron chi connectivity index (χ2n) is 6.39. The Bertz CT molecular complexity index is 716. The highest BCUT2D eigenvalue weighted by Gasteiger charge is 2.19. The van der Waals surface area contributed by atoms with E-state index in [9.17, 15) is 9.90 Å². The zero-order valence-corrected chi connectivity index (χ0v) is 14.8. The molecule has 1 fully saturated rings. The predicted octanol–water partition coefficient (Wildman–Crippen LogP) is 3.03. The molecule has 3 rings (SSSR count). The molecule has 0 bridgehead atoms. The quantitative estimate of drug-likeness (QED) is 0.829. The molecule has 0 saturated carbocycles. The first-order valence-electron chi connectivity index (χ1n) is 8.63. The number of carbonyl (C=O) groups excluding carboxylic acids is 1. The monoisotopic (exact) mass is 362 g/mol. The smallest absolute Gasteiger partial charge is 0.287 e. The second-order valence-corrected chi connectivity index (χ2v) is 6.80. The SMILES string of the molecule is O=C(NCCN1CCC[C@@H](CO)C1)c1ccc(-c2ccccc2Cl)o1. The fourth-order valence-corrected chi connectivity index (χ4v) is 3.41. The van der Waals surface area contributed by atoms with Gasteiger partial charge < -0.3 is 19.7 Å². The van der Waals surface area contributed by atoms with Crippen molar-refractivity contribution in [3.63, 3.8) is 0 Å². The number of likely N-dealkylation sites (tertiary alicyclic amines) is 1. The summed E-state index contributed by atoms with van der Waals surface area (Å²) in [5.41, 5.74) is 0.770. The molecule has 1 aromatic carbocycles. The van der Waals surface area contributed by atoms with E-state index in [-0.39, 0.29) is 18.3 Å². The molecule has 25 heavy (non-hydrogen) atoms. The van der Waals surface area contributed by atoms with Crippen molar-refractivity contribution in [2.24, 2.45) is 5.92 Å². The van der Waals surface area contributed by atoms with Crippen LogP contribution in [0.1, 0.15) is 23.4 Å². The standard InChI is InChI=1S/C19H23ClN2O3/c20-16-6-2-1-5-15(16)17-7-8-18(25-17)19(24)21-9-11-22-10-3-4-14(12-22)13-23/h1-2,5-8,14,23H,3-4,9-13H2,(H,21,24)/t14-/m1/s1. The molecule has 1 amide bonds. The van der Waals surface area contributed by atoms with Gasteiger partial charge in [-0.3, -0.25) is 4.79 Å². The molecule has 2 N–H and O–H groups in total. The number of furan rings is 1. The average Bonchev–Trinajstić information content (AvgIpc) is 3.12.